The van der Waals surface area contributed by atoms with E-state index in [4.69, 9.17) is 4.84 Å². The molecule has 2 aromatic rings. The molecule has 0 spiro atoms. The average molecular weight is 300 g/mol. The first-order valence-corrected chi connectivity index (χ1v) is 6.97. The maximum absolute atomic E-state index is 12.9. The minimum absolute atomic E-state index is 0.207. The van der Waals surface area contributed by atoms with E-state index in [1.807, 2.05) is 24.3 Å². The van der Waals surface area contributed by atoms with Crippen LogP contribution >= 0.6 is 0 Å². The van der Waals surface area contributed by atoms with Crippen molar-refractivity contribution >= 4 is 17.8 Å². The highest BCUT2D eigenvalue weighted by Gasteiger charge is 2.02. The highest BCUT2D eigenvalue weighted by Crippen LogP contribution is 2.09. The molecule has 0 aliphatic heterocycles. The summed E-state index contributed by atoms with van der Waals surface area (Å²) in [7, 11) is 0. The zero-order chi connectivity index (χ0) is 15.8. The number of rotatable bonds is 6. The number of anilines is 1. The van der Waals surface area contributed by atoms with Crippen LogP contribution in [0.2, 0.25) is 0 Å². The molecule has 0 heterocycles. The van der Waals surface area contributed by atoms with E-state index < -0.39 is 0 Å². The lowest BCUT2D eigenvalue weighted by atomic mass is 10.1. The van der Waals surface area contributed by atoms with E-state index in [9.17, 15) is 9.18 Å². The lowest BCUT2D eigenvalue weighted by Gasteiger charge is -2.05. The van der Waals surface area contributed by atoms with Gasteiger partial charge in [0.25, 0.3) is 5.91 Å². The van der Waals surface area contributed by atoms with Crippen LogP contribution in [0.5, 0.6) is 0 Å². The molecule has 0 unspecified atom stereocenters. The second-order valence-electron chi connectivity index (χ2n) is 4.66. The van der Waals surface area contributed by atoms with Gasteiger partial charge in [-0.2, -0.15) is 0 Å². The first-order chi connectivity index (χ1) is 10.7. The molecule has 0 saturated heterocycles. The largest absolute Gasteiger partial charge is 0.386 e. The third-order valence-corrected chi connectivity index (χ3v) is 2.97. The Morgan fingerprint density at radius 1 is 1.27 bits per heavy atom. The van der Waals surface area contributed by atoms with Gasteiger partial charge in [-0.1, -0.05) is 36.3 Å². The number of hydrogen-bond acceptors (Lipinski definition) is 3. The Balaban J connectivity index is 1.77. The first-order valence-electron chi connectivity index (χ1n) is 6.97. The molecule has 0 aromatic heterocycles. The Morgan fingerprint density at radius 3 is 2.73 bits per heavy atom. The molecule has 0 aliphatic carbocycles. The molecule has 0 radical (unpaired) electrons. The summed E-state index contributed by atoms with van der Waals surface area (Å²) in [5.41, 5.74) is 2.48. The molecule has 0 bridgehead atoms. The van der Waals surface area contributed by atoms with Gasteiger partial charge in [-0.05, 0) is 41.8 Å². The fourth-order valence-corrected chi connectivity index (χ4v) is 1.80. The van der Waals surface area contributed by atoms with Crippen LogP contribution in [0.4, 0.5) is 10.1 Å². The molecule has 114 valence electrons. The van der Waals surface area contributed by atoms with Gasteiger partial charge in [0.15, 0.2) is 6.61 Å². The predicted molar refractivity (Wildman–Crippen MR) is 84.4 cm³/mol. The average Bonchev–Trinajstić information content (AvgIpc) is 2.52. The van der Waals surface area contributed by atoms with Crippen molar-refractivity contribution in [1.82, 2.24) is 0 Å². The number of oxime groups is 1. The standard InChI is InChI=1S/C17H17FN2O2/c1-2-13-6-8-16(9-7-13)20-17(21)12-22-19-11-14-4-3-5-15(18)10-14/h3-11H,2,12H2,1H3,(H,20,21)/b19-11-. The van der Waals surface area contributed by atoms with Crippen LogP contribution in [-0.4, -0.2) is 18.7 Å². The van der Waals surface area contributed by atoms with Gasteiger partial charge in [-0.15, -0.1) is 0 Å². The molecule has 0 fully saturated rings. The molecule has 0 aliphatic rings. The Labute approximate surface area is 128 Å². The number of hydrogen-bond donors (Lipinski definition) is 1. The Hall–Kier alpha value is -2.69. The van der Waals surface area contributed by atoms with E-state index in [2.05, 4.69) is 17.4 Å². The third kappa shape index (κ3) is 5.01. The molecule has 2 aromatic carbocycles. The van der Waals surface area contributed by atoms with Crippen molar-refractivity contribution in [3.05, 3.63) is 65.5 Å². The molecular formula is C17H17FN2O2. The highest BCUT2D eigenvalue weighted by molar-refractivity contribution is 5.91. The van der Waals surface area contributed by atoms with Gasteiger partial charge < -0.3 is 10.2 Å². The number of nitrogens with one attached hydrogen (secondary N) is 1. The molecule has 0 atom stereocenters. The predicted octanol–water partition coefficient (Wildman–Crippen LogP) is 3.38. The zero-order valence-electron chi connectivity index (χ0n) is 12.3. The number of carbonyl (C=O) groups excluding carboxylic acids is 1. The molecule has 5 heteroatoms. The Morgan fingerprint density at radius 2 is 2.05 bits per heavy atom. The van der Waals surface area contributed by atoms with E-state index in [0.717, 1.165) is 6.42 Å². The summed E-state index contributed by atoms with van der Waals surface area (Å²) in [5, 5.41) is 6.34. The van der Waals surface area contributed by atoms with Crippen LogP contribution in [0.15, 0.2) is 53.7 Å². The minimum atomic E-state index is -0.350. The fourth-order valence-electron chi connectivity index (χ4n) is 1.80. The quantitative estimate of drug-likeness (QED) is 0.657. The van der Waals surface area contributed by atoms with Crippen LogP contribution in [0.3, 0.4) is 0 Å². The van der Waals surface area contributed by atoms with E-state index in [-0.39, 0.29) is 18.3 Å². The van der Waals surface area contributed by atoms with Crippen molar-refractivity contribution < 1.29 is 14.0 Å². The van der Waals surface area contributed by atoms with Gasteiger partial charge in [0.2, 0.25) is 0 Å². The minimum Gasteiger partial charge on any atom is -0.386 e. The van der Waals surface area contributed by atoms with E-state index in [1.165, 1.54) is 23.9 Å². The lowest BCUT2D eigenvalue weighted by Crippen LogP contribution is -2.16. The van der Waals surface area contributed by atoms with E-state index in [1.54, 1.807) is 12.1 Å². The summed E-state index contributed by atoms with van der Waals surface area (Å²) in [6, 6.07) is 13.5. The number of aryl methyl sites for hydroxylation is 1. The van der Waals surface area contributed by atoms with Crippen LogP contribution < -0.4 is 5.32 Å². The van der Waals surface area contributed by atoms with Gasteiger partial charge in [0.05, 0.1) is 6.21 Å². The van der Waals surface area contributed by atoms with Crippen LogP contribution in [0.25, 0.3) is 0 Å². The summed E-state index contributed by atoms with van der Waals surface area (Å²) < 4.78 is 12.9. The monoisotopic (exact) mass is 300 g/mol. The second kappa shape index (κ2) is 7.93. The summed E-state index contributed by atoms with van der Waals surface area (Å²) in [6.45, 7) is 1.86. The molecule has 1 N–H and O–H groups in total. The number of halogens is 1. The second-order valence-corrected chi connectivity index (χ2v) is 4.66. The topological polar surface area (TPSA) is 50.7 Å². The normalized spacial score (nSPS) is 10.6. The Bertz CT molecular complexity index is 654. The van der Waals surface area contributed by atoms with Gasteiger partial charge in [-0.25, -0.2) is 4.39 Å². The zero-order valence-corrected chi connectivity index (χ0v) is 12.3. The van der Waals surface area contributed by atoms with Crippen molar-refractivity contribution in [2.75, 3.05) is 11.9 Å². The SMILES string of the molecule is CCc1ccc(NC(=O)CO/N=C\c2cccc(F)c2)cc1. The highest BCUT2D eigenvalue weighted by atomic mass is 19.1. The summed E-state index contributed by atoms with van der Waals surface area (Å²) in [4.78, 5) is 16.6. The first kappa shape index (κ1) is 15.7. The smallest absolute Gasteiger partial charge is 0.265 e. The molecular weight excluding hydrogens is 283 g/mol. The maximum Gasteiger partial charge on any atom is 0.265 e. The lowest BCUT2D eigenvalue weighted by molar-refractivity contribution is -0.120. The molecule has 0 saturated carbocycles. The third-order valence-electron chi connectivity index (χ3n) is 2.97. The summed E-state index contributed by atoms with van der Waals surface area (Å²) >= 11 is 0. The molecule has 1 amide bonds. The van der Waals surface area contributed by atoms with Gasteiger partial charge >= 0.3 is 0 Å². The number of nitrogens with zero attached hydrogens (tertiary/aromatic N) is 1. The van der Waals surface area contributed by atoms with E-state index >= 15 is 0 Å². The van der Waals surface area contributed by atoms with Gasteiger partial charge in [0, 0.05) is 5.69 Å². The van der Waals surface area contributed by atoms with E-state index in [0.29, 0.717) is 11.3 Å². The molecule has 2 rings (SSSR count). The summed E-state index contributed by atoms with van der Waals surface area (Å²) in [5.74, 6) is -0.655. The number of amides is 1. The van der Waals surface area contributed by atoms with Crippen molar-refractivity contribution in [1.29, 1.82) is 0 Å². The van der Waals surface area contributed by atoms with Crippen LogP contribution in [0, 0.1) is 5.82 Å². The number of benzene rings is 2. The van der Waals surface area contributed by atoms with Crippen LogP contribution in [0.1, 0.15) is 18.1 Å². The van der Waals surface area contributed by atoms with Crippen molar-refractivity contribution in [2.24, 2.45) is 5.16 Å². The molecule has 22 heavy (non-hydrogen) atoms. The van der Waals surface area contributed by atoms with Gasteiger partial charge in [-0.3, -0.25) is 4.79 Å². The summed E-state index contributed by atoms with van der Waals surface area (Å²) in [6.07, 6.45) is 2.30. The Kier molecular flexibility index (Phi) is 5.65. The number of carbonyl (C=O) groups is 1. The maximum atomic E-state index is 12.9. The van der Waals surface area contributed by atoms with Crippen molar-refractivity contribution in [2.45, 2.75) is 13.3 Å². The van der Waals surface area contributed by atoms with Crippen molar-refractivity contribution in [3.63, 3.8) is 0 Å². The fraction of sp³-hybridized carbons (Fsp3) is 0.176. The van der Waals surface area contributed by atoms with Crippen LogP contribution in [-0.2, 0) is 16.1 Å². The van der Waals surface area contributed by atoms with Gasteiger partial charge in [0.1, 0.15) is 5.82 Å². The van der Waals surface area contributed by atoms with Crippen molar-refractivity contribution in [3.8, 4) is 0 Å². The molecule has 4 nitrogen and oxygen atoms in total.